The average Bonchev–Trinajstić information content (AvgIpc) is 2.05. The molecule has 0 amide bonds. The van der Waals surface area contributed by atoms with Gasteiger partial charge in [0.2, 0.25) is 0 Å². The molecule has 0 unspecified atom stereocenters. The maximum absolute atomic E-state index is 10.1. The Morgan fingerprint density at radius 2 is 1.92 bits per heavy atom. The fraction of sp³-hybridized carbons (Fsp3) is 0.143. The average molecular weight is 184 g/mol. The molecule has 1 aromatic rings. The molecule has 6 heteroatoms. The van der Waals surface area contributed by atoms with Crippen molar-refractivity contribution in [2.75, 3.05) is 0 Å². The van der Waals surface area contributed by atoms with E-state index in [9.17, 15) is 4.79 Å². The van der Waals surface area contributed by atoms with Crippen LogP contribution >= 0.6 is 0 Å². The van der Waals surface area contributed by atoms with Gasteiger partial charge in [0.25, 0.3) is 5.97 Å². The molecule has 0 fully saturated rings. The van der Waals surface area contributed by atoms with E-state index in [1.165, 1.54) is 18.3 Å². The lowest BCUT2D eigenvalue weighted by molar-refractivity contribution is -0.134. The minimum Gasteiger partial charge on any atom is -0.481 e. The van der Waals surface area contributed by atoms with Gasteiger partial charge < -0.3 is 10.2 Å². The number of aliphatic carboxylic acids is 1. The number of hydrogen-bond acceptors (Lipinski definition) is 4. The highest BCUT2D eigenvalue weighted by atomic mass is 16.4. The van der Waals surface area contributed by atoms with E-state index in [0.717, 1.165) is 6.92 Å². The zero-order valence-corrected chi connectivity index (χ0v) is 6.84. The van der Waals surface area contributed by atoms with Crippen molar-refractivity contribution in [1.82, 2.24) is 10.2 Å². The van der Waals surface area contributed by atoms with Crippen LogP contribution in [0.15, 0.2) is 18.3 Å². The summed E-state index contributed by atoms with van der Waals surface area (Å²) in [6.45, 7) is 1.08. The van der Waals surface area contributed by atoms with Crippen LogP contribution in [0.5, 0.6) is 0 Å². The molecule has 0 radical (unpaired) electrons. The van der Waals surface area contributed by atoms with Gasteiger partial charge in [-0.3, -0.25) is 4.79 Å². The minimum absolute atomic E-state index is 0.0301. The normalized spacial score (nSPS) is 8.08. The standard InChI is InChI=1S/C5H4N2O2.C2H4O2/c8-5(9)4-2-1-3-6-7-4;1-2(3)4/h1-3H,(H,8,9);1H3,(H,3,4). The summed E-state index contributed by atoms with van der Waals surface area (Å²) >= 11 is 0. The summed E-state index contributed by atoms with van der Waals surface area (Å²) in [7, 11) is 0. The highest BCUT2D eigenvalue weighted by Gasteiger charge is 2.00. The van der Waals surface area contributed by atoms with Crippen LogP contribution in [0.3, 0.4) is 0 Å². The van der Waals surface area contributed by atoms with E-state index in [1.807, 2.05) is 0 Å². The molecule has 2 N–H and O–H groups in total. The van der Waals surface area contributed by atoms with Gasteiger partial charge in [-0.15, -0.1) is 5.10 Å². The van der Waals surface area contributed by atoms with Gasteiger partial charge in [0.1, 0.15) is 0 Å². The molecule has 0 spiro atoms. The number of carbonyl (C=O) groups is 2. The lowest BCUT2D eigenvalue weighted by atomic mass is 10.4. The molecule has 0 atom stereocenters. The Balaban J connectivity index is 0.000000310. The van der Waals surface area contributed by atoms with E-state index in [-0.39, 0.29) is 5.69 Å². The topological polar surface area (TPSA) is 100 Å². The molecule has 6 nitrogen and oxygen atoms in total. The predicted octanol–water partition coefficient (Wildman–Crippen LogP) is 0.266. The molecule has 0 aliphatic heterocycles. The largest absolute Gasteiger partial charge is 0.481 e. The number of aromatic nitrogens is 2. The van der Waals surface area contributed by atoms with Crippen molar-refractivity contribution in [3.8, 4) is 0 Å². The van der Waals surface area contributed by atoms with Gasteiger partial charge in [-0.1, -0.05) is 0 Å². The number of nitrogens with zero attached hydrogens (tertiary/aromatic N) is 2. The van der Waals surface area contributed by atoms with Crippen LogP contribution in [-0.2, 0) is 4.79 Å². The van der Waals surface area contributed by atoms with Crippen LogP contribution in [0.1, 0.15) is 17.4 Å². The Morgan fingerprint density at radius 3 is 2.15 bits per heavy atom. The molecule has 0 aromatic carbocycles. The SMILES string of the molecule is CC(=O)O.O=C(O)c1cccnn1. The van der Waals surface area contributed by atoms with E-state index < -0.39 is 11.9 Å². The maximum atomic E-state index is 10.1. The summed E-state index contributed by atoms with van der Waals surface area (Å²) in [5.41, 5.74) is -0.0301. The van der Waals surface area contributed by atoms with E-state index in [1.54, 1.807) is 0 Å². The fourth-order valence-corrected chi connectivity index (χ4v) is 0.416. The highest BCUT2D eigenvalue weighted by molar-refractivity contribution is 5.84. The van der Waals surface area contributed by atoms with Gasteiger partial charge in [0, 0.05) is 13.1 Å². The fourth-order valence-electron chi connectivity index (χ4n) is 0.416. The molecule has 1 heterocycles. The smallest absolute Gasteiger partial charge is 0.356 e. The van der Waals surface area contributed by atoms with Crippen LogP contribution < -0.4 is 0 Å². The lowest BCUT2D eigenvalue weighted by Gasteiger charge is -1.85. The zero-order chi connectivity index (χ0) is 10.3. The molecule has 0 bridgehead atoms. The first-order valence-electron chi connectivity index (χ1n) is 3.24. The Morgan fingerprint density at radius 1 is 1.38 bits per heavy atom. The molecular formula is C7H8N2O4. The van der Waals surface area contributed by atoms with E-state index >= 15 is 0 Å². The molecule has 70 valence electrons. The van der Waals surface area contributed by atoms with E-state index in [0.29, 0.717) is 0 Å². The van der Waals surface area contributed by atoms with Crippen LogP contribution in [-0.4, -0.2) is 32.3 Å². The van der Waals surface area contributed by atoms with Crippen molar-refractivity contribution in [2.45, 2.75) is 6.92 Å². The Labute approximate surface area is 73.9 Å². The van der Waals surface area contributed by atoms with Crippen molar-refractivity contribution >= 4 is 11.9 Å². The van der Waals surface area contributed by atoms with Crippen LogP contribution in [0.4, 0.5) is 0 Å². The quantitative estimate of drug-likeness (QED) is 0.649. The summed E-state index contributed by atoms with van der Waals surface area (Å²) in [5, 5.41) is 22.4. The number of rotatable bonds is 1. The monoisotopic (exact) mass is 184 g/mol. The Hall–Kier alpha value is -1.98. The van der Waals surface area contributed by atoms with E-state index in [4.69, 9.17) is 15.0 Å². The van der Waals surface area contributed by atoms with Gasteiger partial charge >= 0.3 is 5.97 Å². The van der Waals surface area contributed by atoms with Crippen molar-refractivity contribution in [3.05, 3.63) is 24.0 Å². The van der Waals surface area contributed by atoms with Crippen LogP contribution in [0, 0.1) is 0 Å². The second kappa shape index (κ2) is 5.64. The highest BCUT2D eigenvalue weighted by Crippen LogP contribution is 1.87. The lowest BCUT2D eigenvalue weighted by Crippen LogP contribution is -1.99. The van der Waals surface area contributed by atoms with Crippen molar-refractivity contribution in [2.24, 2.45) is 0 Å². The van der Waals surface area contributed by atoms with Crippen molar-refractivity contribution in [3.63, 3.8) is 0 Å². The summed E-state index contributed by atoms with van der Waals surface area (Å²) in [6.07, 6.45) is 1.42. The number of aromatic carboxylic acids is 1. The van der Waals surface area contributed by atoms with Crippen molar-refractivity contribution < 1.29 is 19.8 Å². The number of carboxylic acid groups (broad SMARTS) is 2. The van der Waals surface area contributed by atoms with Crippen molar-refractivity contribution in [1.29, 1.82) is 0 Å². The van der Waals surface area contributed by atoms with Crippen LogP contribution in [0.2, 0.25) is 0 Å². The molecule has 0 aliphatic carbocycles. The summed E-state index contributed by atoms with van der Waals surface area (Å²) in [4.78, 5) is 19.1. The third-order valence-electron chi connectivity index (χ3n) is 0.791. The van der Waals surface area contributed by atoms with Crippen LogP contribution in [0.25, 0.3) is 0 Å². The first-order chi connectivity index (χ1) is 6.04. The molecule has 1 aromatic heterocycles. The second-order valence-corrected chi connectivity index (χ2v) is 1.93. The van der Waals surface area contributed by atoms with Gasteiger partial charge in [0.15, 0.2) is 5.69 Å². The second-order valence-electron chi connectivity index (χ2n) is 1.93. The third-order valence-corrected chi connectivity index (χ3v) is 0.791. The third kappa shape index (κ3) is 6.42. The number of carboxylic acids is 2. The summed E-state index contributed by atoms with van der Waals surface area (Å²) in [6, 6.07) is 2.91. The summed E-state index contributed by atoms with van der Waals surface area (Å²) in [5.74, 6) is -1.89. The Bertz CT molecular complexity index is 282. The molecular weight excluding hydrogens is 176 g/mol. The first-order valence-corrected chi connectivity index (χ1v) is 3.24. The van der Waals surface area contributed by atoms with Gasteiger partial charge in [0.05, 0.1) is 0 Å². The maximum Gasteiger partial charge on any atom is 0.356 e. The first kappa shape index (κ1) is 11.0. The summed E-state index contributed by atoms with van der Waals surface area (Å²) < 4.78 is 0. The van der Waals surface area contributed by atoms with Gasteiger partial charge in [-0.25, -0.2) is 4.79 Å². The molecule has 0 aliphatic rings. The molecule has 13 heavy (non-hydrogen) atoms. The van der Waals surface area contributed by atoms with Gasteiger partial charge in [-0.05, 0) is 12.1 Å². The minimum atomic E-state index is -1.05. The molecule has 0 saturated carbocycles. The molecule has 1 rings (SSSR count). The Kier molecular flexibility index (Phi) is 4.78. The van der Waals surface area contributed by atoms with Gasteiger partial charge in [-0.2, -0.15) is 5.10 Å². The number of hydrogen-bond donors (Lipinski definition) is 2. The molecule has 0 saturated heterocycles. The van der Waals surface area contributed by atoms with E-state index in [2.05, 4.69) is 10.2 Å². The zero-order valence-electron chi connectivity index (χ0n) is 6.84. The predicted molar refractivity (Wildman–Crippen MR) is 42.3 cm³/mol.